The molecule has 0 aliphatic carbocycles. The van der Waals surface area contributed by atoms with Gasteiger partial charge in [0.1, 0.15) is 0 Å². The van der Waals surface area contributed by atoms with E-state index < -0.39 is 0 Å². The standard InChI is InChI=1S/C19H28N2O4/c1-3-4-17-5-7-18(8-6-17)19(22)21-10-12-24-14-16-25-15-13-23-11-9-20-2/h5-8,20H,9-16H2,1-2H3,(H,21,22). The average molecular weight is 348 g/mol. The molecule has 0 saturated carbocycles. The summed E-state index contributed by atoms with van der Waals surface area (Å²) in [6.07, 6.45) is 0. The molecule has 0 saturated heterocycles. The van der Waals surface area contributed by atoms with Crippen molar-refractivity contribution in [1.29, 1.82) is 0 Å². The van der Waals surface area contributed by atoms with Crippen molar-refractivity contribution in [3.8, 4) is 11.8 Å². The zero-order valence-electron chi connectivity index (χ0n) is 15.1. The number of ether oxygens (including phenoxy) is 3. The van der Waals surface area contributed by atoms with Crippen molar-refractivity contribution in [3.05, 3.63) is 35.4 Å². The Morgan fingerprint density at radius 2 is 1.48 bits per heavy atom. The van der Waals surface area contributed by atoms with E-state index in [0.29, 0.717) is 51.7 Å². The lowest BCUT2D eigenvalue weighted by atomic mass is 10.1. The van der Waals surface area contributed by atoms with Crippen LogP contribution in [-0.2, 0) is 14.2 Å². The van der Waals surface area contributed by atoms with E-state index in [-0.39, 0.29) is 5.91 Å². The van der Waals surface area contributed by atoms with Crippen LogP contribution in [0.2, 0.25) is 0 Å². The third kappa shape index (κ3) is 10.5. The van der Waals surface area contributed by atoms with Crippen LogP contribution in [0.5, 0.6) is 0 Å². The summed E-state index contributed by atoms with van der Waals surface area (Å²) in [6.45, 7) is 6.37. The van der Waals surface area contributed by atoms with Gasteiger partial charge in [-0.1, -0.05) is 5.92 Å². The van der Waals surface area contributed by atoms with Crippen LogP contribution in [0.4, 0.5) is 0 Å². The van der Waals surface area contributed by atoms with Gasteiger partial charge in [-0.05, 0) is 38.2 Å². The van der Waals surface area contributed by atoms with E-state index in [2.05, 4.69) is 22.5 Å². The molecule has 1 aromatic rings. The maximum absolute atomic E-state index is 12.0. The van der Waals surface area contributed by atoms with Gasteiger partial charge in [-0.25, -0.2) is 0 Å². The fourth-order valence-corrected chi connectivity index (χ4v) is 1.90. The molecule has 0 spiro atoms. The van der Waals surface area contributed by atoms with E-state index in [9.17, 15) is 4.79 Å². The van der Waals surface area contributed by atoms with Crippen LogP contribution in [0.25, 0.3) is 0 Å². The molecule has 0 atom stereocenters. The van der Waals surface area contributed by atoms with Gasteiger partial charge >= 0.3 is 0 Å². The van der Waals surface area contributed by atoms with Gasteiger partial charge in [-0.2, -0.15) is 0 Å². The zero-order valence-corrected chi connectivity index (χ0v) is 15.1. The summed E-state index contributed by atoms with van der Waals surface area (Å²) < 4.78 is 16.1. The molecule has 0 fully saturated rings. The van der Waals surface area contributed by atoms with E-state index >= 15 is 0 Å². The second-order valence-corrected chi connectivity index (χ2v) is 5.15. The summed E-state index contributed by atoms with van der Waals surface area (Å²) in [7, 11) is 1.89. The maximum Gasteiger partial charge on any atom is 0.251 e. The number of carbonyl (C=O) groups excluding carboxylic acids is 1. The first kappa shape index (κ1) is 21.1. The molecule has 2 N–H and O–H groups in total. The van der Waals surface area contributed by atoms with Gasteiger partial charge < -0.3 is 24.8 Å². The summed E-state index contributed by atoms with van der Waals surface area (Å²) in [5.41, 5.74) is 1.51. The number of rotatable bonds is 13. The number of benzene rings is 1. The van der Waals surface area contributed by atoms with Crippen molar-refractivity contribution < 1.29 is 19.0 Å². The smallest absolute Gasteiger partial charge is 0.251 e. The first-order chi connectivity index (χ1) is 12.3. The van der Waals surface area contributed by atoms with E-state index in [1.807, 2.05) is 19.2 Å². The van der Waals surface area contributed by atoms with Gasteiger partial charge in [-0.15, -0.1) is 5.92 Å². The van der Waals surface area contributed by atoms with Crippen LogP contribution >= 0.6 is 0 Å². The van der Waals surface area contributed by atoms with Crippen LogP contribution in [0, 0.1) is 11.8 Å². The number of likely N-dealkylation sites (N-methyl/N-ethyl adjacent to an activating group) is 1. The average Bonchev–Trinajstić information content (AvgIpc) is 2.63. The Balaban J connectivity index is 1.98. The van der Waals surface area contributed by atoms with Crippen molar-refractivity contribution in [2.75, 3.05) is 59.8 Å². The summed E-state index contributed by atoms with van der Waals surface area (Å²) in [6, 6.07) is 7.20. The summed E-state index contributed by atoms with van der Waals surface area (Å²) in [4.78, 5) is 12.0. The molecule has 25 heavy (non-hydrogen) atoms. The highest BCUT2D eigenvalue weighted by atomic mass is 16.5. The molecule has 1 amide bonds. The maximum atomic E-state index is 12.0. The third-order valence-electron chi connectivity index (χ3n) is 3.19. The minimum absolute atomic E-state index is 0.116. The predicted molar refractivity (Wildman–Crippen MR) is 97.7 cm³/mol. The van der Waals surface area contributed by atoms with Crippen LogP contribution < -0.4 is 10.6 Å². The highest BCUT2D eigenvalue weighted by molar-refractivity contribution is 5.94. The SMILES string of the molecule is CC#Cc1ccc(C(=O)NCCOCCOCCOCCNC)cc1. The molecule has 0 aliphatic heterocycles. The van der Waals surface area contributed by atoms with E-state index in [1.165, 1.54) is 0 Å². The molecule has 138 valence electrons. The number of hydrogen-bond acceptors (Lipinski definition) is 5. The van der Waals surface area contributed by atoms with E-state index in [0.717, 1.165) is 12.1 Å². The second kappa shape index (κ2) is 14.4. The number of carbonyl (C=O) groups is 1. The van der Waals surface area contributed by atoms with Crippen molar-refractivity contribution >= 4 is 5.91 Å². The Morgan fingerprint density at radius 3 is 2.04 bits per heavy atom. The van der Waals surface area contributed by atoms with E-state index in [4.69, 9.17) is 14.2 Å². The number of hydrogen-bond donors (Lipinski definition) is 2. The second-order valence-electron chi connectivity index (χ2n) is 5.15. The summed E-state index contributed by atoms with van der Waals surface area (Å²) >= 11 is 0. The predicted octanol–water partition coefficient (Wildman–Crippen LogP) is 1.06. The normalized spacial score (nSPS) is 10.2. The molecule has 0 bridgehead atoms. The fourth-order valence-electron chi connectivity index (χ4n) is 1.90. The van der Waals surface area contributed by atoms with Crippen LogP contribution in [0.15, 0.2) is 24.3 Å². The Labute approximate surface area is 150 Å². The molecular formula is C19H28N2O4. The van der Waals surface area contributed by atoms with Crippen LogP contribution in [0.3, 0.4) is 0 Å². The molecule has 6 nitrogen and oxygen atoms in total. The third-order valence-corrected chi connectivity index (χ3v) is 3.19. The highest BCUT2D eigenvalue weighted by Gasteiger charge is 2.03. The summed E-state index contributed by atoms with van der Waals surface area (Å²) in [5, 5.41) is 5.82. The minimum atomic E-state index is -0.116. The minimum Gasteiger partial charge on any atom is -0.378 e. The van der Waals surface area contributed by atoms with Crippen molar-refractivity contribution in [3.63, 3.8) is 0 Å². The lowest BCUT2D eigenvalue weighted by molar-refractivity contribution is 0.0159. The van der Waals surface area contributed by atoms with Gasteiger partial charge in [0, 0.05) is 24.2 Å². The quantitative estimate of drug-likeness (QED) is 0.412. The van der Waals surface area contributed by atoms with Crippen molar-refractivity contribution in [2.24, 2.45) is 0 Å². The molecule has 0 heterocycles. The molecule has 0 radical (unpaired) electrons. The first-order valence-electron chi connectivity index (χ1n) is 8.46. The Morgan fingerprint density at radius 1 is 0.920 bits per heavy atom. The van der Waals surface area contributed by atoms with Gasteiger partial charge in [0.2, 0.25) is 0 Å². The Bertz CT molecular complexity index is 535. The molecule has 0 aromatic heterocycles. The van der Waals surface area contributed by atoms with Crippen molar-refractivity contribution in [1.82, 2.24) is 10.6 Å². The highest BCUT2D eigenvalue weighted by Crippen LogP contribution is 2.03. The first-order valence-corrected chi connectivity index (χ1v) is 8.46. The molecule has 1 rings (SSSR count). The summed E-state index contributed by atoms with van der Waals surface area (Å²) in [5.74, 6) is 5.65. The monoisotopic (exact) mass is 348 g/mol. The molecule has 1 aromatic carbocycles. The number of amides is 1. The van der Waals surface area contributed by atoms with Gasteiger partial charge in [0.15, 0.2) is 0 Å². The van der Waals surface area contributed by atoms with Gasteiger partial charge in [-0.3, -0.25) is 4.79 Å². The lowest BCUT2D eigenvalue weighted by Crippen LogP contribution is -2.27. The lowest BCUT2D eigenvalue weighted by Gasteiger charge is -2.08. The largest absolute Gasteiger partial charge is 0.378 e. The van der Waals surface area contributed by atoms with Crippen LogP contribution in [0.1, 0.15) is 22.8 Å². The van der Waals surface area contributed by atoms with Gasteiger partial charge in [0.25, 0.3) is 5.91 Å². The van der Waals surface area contributed by atoms with E-state index in [1.54, 1.807) is 19.1 Å². The Hall–Kier alpha value is -1.91. The molecular weight excluding hydrogens is 320 g/mol. The molecule has 0 unspecified atom stereocenters. The van der Waals surface area contributed by atoms with Crippen LogP contribution in [-0.4, -0.2) is 65.7 Å². The topological polar surface area (TPSA) is 68.8 Å². The number of nitrogens with one attached hydrogen (secondary N) is 2. The Kier molecular flexibility index (Phi) is 12.2. The molecule has 0 aliphatic rings. The van der Waals surface area contributed by atoms with Crippen molar-refractivity contribution in [2.45, 2.75) is 6.92 Å². The van der Waals surface area contributed by atoms with Gasteiger partial charge in [0.05, 0.1) is 39.6 Å². The fraction of sp³-hybridized carbons (Fsp3) is 0.526. The molecule has 6 heteroatoms. The zero-order chi connectivity index (χ0) is 18.2.